The van der Waals surface area contributed by atoms with Gasteiger partial charge in [-0.3, -0.25) is 9.59 Å². The number of carbonyl (C=O) groups is 2. The van der Waals surface area contributed by atoms with Crippen LogP contribution >= 0.6 is 22.6 Å². The number of aromatic nitrogens is 1. The lowest BCUT2D eigenvalue weighted by Crippen LogP contribution is -2.49. The molecule has 38 heavy (non-hydrogen) atoms. The molecule has 0 radical (unpaired) electrons. The minimum absolute atomic E-state index is 0.131. The predicted molar refractivity (Wildman–Crippen MR) is 163 cm³/mol. The number of halogens is 1. The van der Waals surface area contributed by atoms with E-state index >= 15 is 0 Å². The smallest absolute Gasteiger partial charge is 0.249 e. The van der Waals surface area contributed by atoms with Crippen LogP contribution in [0.25, 0.3) is 17.0 Å². The average molecular weight is 618 g/mol. The Bertz CT molecular complexity index is 1500. The van der Waals surface area contributed by atoms with Gasteiger partial charge in [-0.15, -0.1) is 0 Å². The average Bonchev–Trinajstić information content (AvgIpc) is 3.24. The Morgan fingerprint density at radius 1 is 1.05 bits per heavy atom. The van der Waals surface area contributed by atoms with Gasteiger partial charge in [-0.2, -0.15) is 0 Å². The zero-order chi connectivity index (χ0) is 26.6. The summed E-state index contributed by atoms with van der Waals surface area (Å²) in [6.45, 7) is 2.16. The number of hydrogen-bond acceptors (Lipinski definition) is 2. The molecule has 1 atom stereocenters. The molecule has 5 nitrogen and oxygen atoms in total. The van der Waals surface area contributed by atoms with Gasteiger partial charge in [-0.25, -0.2) is 0 Å². The van der Waals surface area contributed by atoms with Crippen molar-refractivity contribution in [2.45, 2.75) is 45.1 Å². The van der Waals surface area contributed by atoms with Crippen molar-refractivity contribution in [3.8, 4) is 0 Å². The van der Waals surface area contributed by atoms with E-state index in [1.165, 1.54) is 11.1 Å². The minimum atomic E-state index is -0.680. The number of nitrogens with zero attached hydrogens (tertiary/aromatic N) is 1. The van der Waals surface area contributed by atoms with Crippen molar-refractivity contribution in [2.24, 2.45) is 0 Å². The van der Waals surface area contributed by atoms with Crippen LogP contribution in [-0.2, 0) is 35.3 Å². The molecule has 1 aromatic heterocycles. The standard InChI is InChI=1S/C32H32IN3O2/c1-3-6-21-11-14-25(15-12-21)36(2)32(38)30-18-23-9-4-7-22(17-23)8-5-10-28-27(20-31(37)35-30)26-19-24(33)13-16-29(26)34-28/h4-5,7,9-17,19,30,34H,3,6,8,18,20H2,1-2H3,(H,35,37)/b10-5-/t30-/m0/s1. The number of likely N-dealkylation sites (N-methyl/N-ethyl adjacent to an activating group) is 1. The summed E-state index contributed by atoms with van der Waals surface area (Å²) in [7, 11) is 1.78. The first kappa shape index (κ1) is 26.2. The molecule has 0 fully saturated rings. The van der Waals surface area contributed by atoms with E-state index in [4.69, 9.17) is 0 Å². The normalized spacial score (nSPS) is 16.5. The van der Waals surface area contributed by atoms with Crippen LogP contribution in [0.4, 0.5) is 5.69 Å². The van der Waals surface area contributed by atoms with Gasteiger partial charge >= 0.3 is 0 Å². The van der Waals surface area contributed by atoms with Crippen LogP contribution in [-0.4, -0.2) is 29.9 Å². The number of allylic oxidation sites excluding steroid dienone is 1. The molecule has 6 heteroatoms. The Balaban J connectivity index is 1.49. The molecule has 4 aromatic rings. The second-order valence-electron chi connectivity index (χ2n) is 9.95. The first-order valence-corrected chi connectivity index (χ1v) is 14.2. The maximum atomic E-state index is 13.8. The van der Waals surface area contributed by atoms with Crippen molar-refractivity contribution in [3.63, 3.8) is 0 Å². The van der Waals surface area contributed by atoms with Gasteiger partial charge in [-0.05, 0) is 94.1 Å². The molecule has 1 aliphatic rings. The van der Waals surface area contributed by atoms with E-state index in [-0.39, 0.29) is 18.2 Å². The van der Waals surface area contributed by atoms with Crippen molar-refractivity contribution in [2.75, 3.05) is 11.9 Å². The number of rotatable bonds is 4. The second-order valence-corrected chi connectivity index (χ2v) is 11.2. The topological polar surface area (TPSA) is 65.2 Å². The molecule has 1 aliphatic heterocycles. The highest BCUT2D eigenvalue weighted by molar-refractivity contribution is 14.1. The monoisotopic (exact) mass is 617 g/mol. The van der Waals surface area contributed by atoms with Crippen LogP contribution in [0.3, 0.4) is 0 Å². The van der Waals surface area contributed by atoms with Crippen molar-refractivity contribution < 1.29 is 9.59 Å². The molecule has 0 spiro atoms. The molecular formula is C32H32IN3O2. The molecule has 0 unspecified atom stereocenters. The van der Waals surface area contributed by atoms with Gasteiger partial charge in [0.1, 0.15) is 6.04 Å². The summed E-state index contributed by atoms with van der Waals surface area (Å²) in [4.78, 5) is 32.4. The number of H-pyrrole nitrogens is 1. The first-order chi connectivity index (χ1) is 18.4. The molecular weight excluding hydrogens is 585 g/mol. The number of nitrogens with one attached hydrogen (secondary N) is 2. The lowest BCUT2D eigenvalue weighted by atomic mass is 10.0. The molecule has 0 saturated heterocycles. The fraction of sp³-hybridized carbons (Fsp3) is 0.250. The van der Waals surface area contributed by atoms with E-state index in [1.54, 1.807) is 11.9 Å². The molecule has 2 heterocycles. The fourth-order valence-corrected chi connectivity index (χ4v) is 5.64. The van der Waals surface area contributed by atoms with E-state index in [0.29, 0.717) is 6.42 Å². The van der Waals surface area contributed by atoms with E-state index in [1.807, 2.05) is 24.3 Å². The number of carbonyl (C=O) groups excluding carboxylic acids is 2. The third kappa shape index (κ3) is 5.85. The van der Waals surface area contributed by atoms with Crippen molar-refractivity contribution in [3.05, 3.63) is 104 Å². The number of hydrogen-bond donors (Lipinski definition) is 2. The van der Waals surface area contributed by atoms with Gasteiger partial charge < -0.3 is 15.2 Å². The summed E-state index contributed by atoms with van der Waals surface area (Å²) in [6, 6.07) is 21.9. The number of benzene rings is 3. The maximum absolute atomic E-state index is 13.8. The summed E-state index contributed by atoms with van der Waals surface area (Å²) in [5, 5.41) is 4.12. The van der Waals surface area contributed by atoms with Gasteiger partial charge in [0.05, 0.1) is 6.42 Å². The van der Waals surface area contributed by atoms with Crippen molar-refractivity contribution in [1.82, 2.24) is 10.3 Å². The Hall–Kier alpha value is -3.39. The fourth-order valence-electron chi connectivity index (χ4n) is 5.15. The quantitative estimate of drug-likeness (QED) is 0.267. The van der Waals surface area contributed by atoms with E-state index < -0.39 is 6.04 Å². The van der Waals surface area contributed by atoms with Crippen LogP contribution in [0.1, 0.15) is 41.3 Å². The zero-order valence-electron chi connectivity index (χ0n) is 21.8. The number of anilines is 1. The summed E-state index contributed by atoms with van der Waals surface area (Å²) in [6.07, 6.45) is 7.68. The van der Waals surface area contributed by atoms with Gasteiger partial charge in [0.15, 0.2) is 0 Å². The number of fused-ring (bicyclic) bond motifs is 5. The van der Waals surface area contributed by atoms with E-state index in [0.717, 1.165) is 56.2 Å². The second kappa shape index (κ2) is 11.6. The van der Waals surface area contributed by atoms with Gasteiger partial charge in [0.2, 0.25) is 11.8 Å². The van der Waals surface area contributed by atoms with Crippen molar-refractivity contribution >= 4 is 57.1 Å². The third-order valence-corrected chi connectivity index (χ3v) is 7.81. The zero-order valence-corrected chi connectivity index (χ0v) is 23.9. The van der Waals surface area contributed by atoms with E-state index in [2.05, 4.69) is 94.4 Å². The molecule has 2 bridgehead atoms. The van der Waals surface area contributed by atoms with Crippen LogP contribution in [0.2, 0.25) is 0 Å². The lowest BCUT2D eigenvalue weighted by molar-refractivity contribution is -0.127. The predicted octanol–water partition coefficient (Wildman–Crippen LogP) is 6.23. The Kier molecular flexibility index (Phi) is 7.98. The molecule has 5 rings (SSSR count). The Morgan fingerprint density at radius 3 is 2.63 bits per heavy atom. The maximum Gasteiger partial charge on any atom is 0.249 e. The number of aromatic amines is 1. The minimum Gasteiger partial charge on any atom is -0.355 e. The highest BCUT2D eigenvalue weighted by atomic mass is 127. The van der Waals surface area contributed by atoms with Crippen LogP contribution in [0, 0.1) is 3.57 Å². The van der Waals surface area contributed by atoms with Crippen LogP contribution < -0.4 is 10.2 Å². The number of aryl methyl sites for hydroxylation is 1. The highest BCUT2D eigenvalue weighted by Crippen LogP contribution is 2.27. The molecule has 2 N–H and O–H groups in total. The molecule has 3 aromatic carbocycles. The Labute approximate surface area is 237 Å². The lowest BCUT2D eigenvalue weighted by Gasteiger charge is -2.25. The van der Waals surface area contributed by atoms with Crippen LogP contribution in [0.15, 0.2) is 72.8 Å². The molecule has 2 amide bonds. The Morgan fingerprint density at radius 2 is 1.84 bits per heavy atom. The summed E-state index contributed by atoms with van der Waals surface area (Å²) in [5.41, 5.74) is 7.15. The van der Waals surface area contributed by atoms with Gasteiger partial charge in [-0.1, -0.05) is 55.8 Å². The first-order valence-electron chi connectivity index (χ1n) is 13.1. The van der Waals surface area contributed by atoms with Crippen LogP contribution in [0.5, 0.6) is 0 Å². The van der Waals surface area contributed by atoms with Crippen molar-refractivity contribution in [1.29, 1.82) is 0 Å². The largest absolute Gasteiger partial charge is 0.355 e. The molecule has 0 aliphatic carbocycles. The summed E-state index contributed by atoms with van der Waals surface area (Å²) < 4.78 is 1.11. The van der Waals surface area contributed by atoms with Gasteiger partial charge in [0.25, 0.3) is 0 Å². The van der Waals surface area contributed by atoms with E-state index in [9.17, 15) is 9.59 Å². The van der Waals surface area contributed by atoms with Gasteiger partial charge in [0, 0.05) is 39.3 Å². The number of amides is 2. The molecule has 0 saturated carbocycles. The highest BCUT2D eigenvalue weighted by Gasteiger charge is 2.26. The SMILES string of the molecule is CCCc1ccc(N(C)C(=O)[C@@H]2Cc3cccc(c3)C/C=C\c3[nH]c4ccc(I)cc4c3CC(=O)N2)cc1. The third-order valence-electron chi connectivity index (χ3n) is 7.13. The molecule has 194 valence electrons. The summed E-state index contributed by atoms with van der Waals surface area (Å²) >= 11 is 2.30. The summed E-state index contributed by atoms with van der Waals surface area (Å²) in [5.74, 6) is -0.298.